The maximum absolute atomic E-state index is 6.06. The van der Waals surface area contributed by atoms with Crippen LogP contribution in [0.2, 0.25) is 0 Å². The van der Waals surface area contributed by atoms with Crippen molar-refractivity contribution in [3.8, 4) is 22.3 Å². The summed E-state index contributed by atoms with van der Waals surface area (Å²) in [7, 11) is 0. The third-order valence-corrected chi connectivity index (χ3v) is 6.15. The summed E-state index contributed by atoms with van der Waals surface area (Å²) in [6.45, 7) is 0. The van der Waals surface area contributed by atoms with Crippen LogP contribution in [-0.4, -0.2) is 0 Å². The van der Waals surface area contributed by atoms with E-state index in [2.05, 4.69) is 96.3 Å². The van der Waals surface area contributed by atoms with E-state index in [-0.39, 0.29) is 0 Å². The fourth-order valence-electron chi connectivity index (χ4n) is 4.52. The van der Waals surface area contributed by atoms with E-state index in [9.17, 15) is 0 Å². The Labute approximate surface area is 187 Å². The van der Waals surface area contributed by atoms with Gasteiger partial charge in [0.05, 0.1) is 0 Å². The molecule has 0 saturated carbocycles. The van der Waals surface area contributed by atoms with Crippen LogP contribution in [-0.2, 0) is 0 Å². The monoisotopic (exact) mass is 413 g/mol. The first-order valence-corrected chi connectivity index (χ1v) is 11.1. The minimum absolute atomic E-state index is 0.948. The molecular formula is C30H23NO. The highest BCUT2D eigenvalue weighted by atomic mass is 16.3. The standard InChI is InChI=1S/C30H23NO/c1-2-7-21(8-3-1)22-13-15-23(16-14-22)24-17-19-25(20-18-24)31-27-10-6-12-29-30(27)26-9-4-5-11-28(26)32-29/h1-5,7-9,11-20,31H,6,10H2. The molecule has 0 unspecified atom stereocenters. The highest BCUT2D eigenvalue weighted by Gasteiger charge is 2.12. The smallest absolute Gasteiger partial charge is 0.135 e. The van der Waals surface area contributed by atoms with E-state index in [0.29, 0.717) is 0 Å². The quantitative estimate of drug-likeness (QED) is 0.361. The Kier molecular flexibility index (Phi) is 4.62. The maximum Gasteiger partial charge on any atom is 0.135 e. The third-order valence-electron chi connectivity index (χ3n) is 6.15. The van der Waals surface area contributed by atoms with Gasteiger partial charge in [0.15, 0.2) is 0 Å². The topological polar surface area (TPSA) is 25.2 Å². The Balaban J connectivity index is 1.29. The summed E-state index contributed by atoms with van der Waals surface area (Å²) in [5.74, 6) is 0. The van der Waals surface area contributed by atoms with Crippen LogP contribution in [0, 0.1) is 0 Å². The van der Waals surface area contributed by atoms with Crippen LogP contribution in [0.15, 0.2) is 108 Å². The van der Waals surface area contributed by atoms with Gasteiger partial charge in [0.2, 0.25) is 0 Å². The van der Waals surface area contributed by atoms with E-state index in [0.717, 1.165) is 29.5 Å². The molecule has 1 heterocycles. The Morgan fingerprint density at radius 1 is 0.594 bits per heavy atom. The molecule has 0 bridgehead atoms. The van der Waals surface area contributed by atoms with Gasteiger partial charge in [0, 0.05) is 22.0 Å². The molecule has 32 heavy (non-hydrogen) atoms. The second-order valence-corrected chi connectivity index (χ2v) is 8.20. The number of hydrogen-bond donors (Lipinski definition) is 1. The number of furan rings is 1. The van der Waals surface area contributed by atoms with Gasteiger partial charge in [-0.15, -0.1) is 0 Å². The molecule has 0 atom stereocenters. The summed E-state index contributed by atoms with van der Waals surface area (Å²) >= 11 is 0. The van der Waals surface area contributed by atoms with Crippen molar-refractivity contribution in [3.05, 3.63) is 114 Å². The first kappa shape index (κ1) is 18.7. The summed E-state index contributed by atoms with van der Waals surface area (Å²) in [4.78, 5) is 0. The molecule has 4 aromatic carbocycles. The summed E-state index contributed by atoms with van der Waals surface area (Å²) in [6, 6.07) is 36.2. The molecule has 0 fully saturated rings. The third kappa shape index (κ3) is 3.40. The SMILES string of the molecule is C1=c2oc3ccccc3c2=C(Nc2ccc(-c3ccc(-c4ccccc4)cc3)cc2)CC1. The van der Waals surface area contributed by atoms with Crippen molar-refractivity contribution < 1.29 is 4.42 Å². The minimum atomic E-state index is 0.948. The molecule has 2 heteroatoms. The van der Waals surface area contributed by atoms with Gasteiger partial charge in [-0.05, 0) is 59.4 Å². The van der Waals surface area contributed by atoms with Crippen LogP contribution >= 0.6 is 0 Å². The first-order chi connectivity index (χ1) is 15.8. The number of hydrogen-bond acceptors (Lipinski definition) is 2. The first-order valence-electron chi connectivity index (χ1n) is 11.1. The number of rotatable bonds is 4. The van der Waals surface area contributed by atoms with Gasteiger partial charge in [-0.1, -0.05) is 84.9 Å². The molecule has 6 rings (SSSR count). The Hall–Kier alpha value is -4.04. The fourth-order valence-corrected chi connectivity index (χ4v) is 4.52. The van der Waals surface area contributed by atoms with Crippen LogP contribution < -0.4 is 16.0 Å². The van der Waals surface area contributed by atoms with E-state index in [1.807, 2.05) is 18.2 Å². The number of anilines is 1. The number of nitrogens with one attached hydrogen (secondary N) is 1. The lowest BCUT2D eigenvalue weighted by Gasteiger charge is -2.13. The van der Waals surface area contributed by atoms with Crippen molar-refractivity contribution in [3.63, 3.8) is 0 Å². The molecule has 0 saturated heterocycles. The molecule has 1 aliphatic carbocycles. The van der Waals surface area contributed by atoms with Gasteiger partial charge < -0.3 is 9.73 Å². The van der Waals surface area contributed by atoms with Crippen LogP contribution in [0.4, 0.5) is 5.69 Å². The summed E-state index contributed by atoms with van der Waals surface area (Å²) in [5.41, 5.74) is 9.17. The highest BCUT2D eigenvalue weighted by Crippen LogP contribution is 2.26. The molecule has 154 valence electrons. The summed E-state index contributed by atoms with van der Waals surface area (Å²) < 4.78 is 6.06. The Morgan fingerprint density at radius 2 is 1.19 bits per heavy atom. The lowest BCUT2D eigenvalue weighted by molar-refractivity contribution is 0.571. The molecule has 1 aliphatic rings. The number of para-hydroxylation sites is 1. The molecule has 0 spiro atoms. The lowest BCUT2D eigenvalue weighted by Crippen LogP contribution is -2.28. The van der Waals surface area contributed by atoms with Crippen molar-refractivity contribution in [1.82, 2.24) is 0 Å². The molecule has 0 amide bonds. The predicted octanol–water partition coefficient (Wildman–Crippen LogP) is 6.56. The zero-order chi connectivity index (χ0) is 21.3. The van der Waals surface area contributed by atoms with Crippen LogP contribution in [0.5, 0.6) is 0 Å². The van der Waals surface area contributed by atoms with Crippen LogP contribution in [0.1, 0.15) is 12.8 Å². The van der Waals surface area contributed by atoms with Gasteiger partial charge in [-0.2, -0.15) is 0 Å². The second kappa shape index (κ2) is 7.90. The zero-order valence-electron chi connectivity index (χ0n) is 17.7. The van der Waals surface area contributed by atoms with Crippen LogP contribution in [0.3, 0.4) is 0 Å². The fraction of sp³-hybridized carbons (Fsp3) is 0.0667. The maximum atomic E-state index is 6.06. The van der Waals surface area contributed by atoms with Crippen molar-refractivity contribution in [1.29, 1.82) is 0 Å². The van der Waals surface area contributed by atoms with Crippen molar-refractivity contribution in [2.75, 3.05) is 5.32 Å². The van der Waals surface area contributed by atoms with Gasteiger partial charge in [0.25, 0.3) is 0 Å². The second-order valence-electron chi connectivity index (χ2n) is 8.20. The Bertz CT molecular complexity index is 1510. The van der Waals surface area contributed by atoms with Gasteiger partial charge in [-0.25, -0.2) is 0 Å². The van der Waals surface area contributed by atoms with Gasteiger partial charge >= 0.3 is 0 Å². The van der Waals surface area contributed by atoms with Gasteiger partial charge in [-0.3, -0.25) is 0 Å². The average molecular weight is 414 g/mol. The normalized spacial score (nSPS) is 12.9. The van der Waals surface area contributed by atoms with Crippen molar-refractivity contribution in [2.24, 2.45) is 0 Å². The van der Waals surface area contributed by atoms with Crippen molar-refractivity contribution in [2.45, 2.75) is 12.8 Å². The van der Waals surface area contributed by atoms with E-state index < -0.39 is 0 Å². The lowest BCUT2D eigenvalue weighted by atomic mass is 10.00. The van der Waals surface area contributed by atoms with E-state index in [1.54, 1.807) is 0 Å². The van der Waals surface area contributed by atoms with Gasteiger partial charge in [0.1, 0.15) is 11.0 Å². The average Bonchev–Trinajstić information content (AvgIpc) is 3.25. The van der Waals surface area contributed by atoms with Crippen LogP contribution in [0.25, 0.3) is 45.0 Å². The number of benzene rings is 4. The number of fused-ring (bicyclic) bond motifs is 3. The molecular weight excluding hydrogens is 390 g/mol. The van der Waals surface area contributed by atoms with Crippen molar-refractivity contribution >= 4 is 28.4 Å². The highest BCUT2D eigenvalue weighted by molar-refractivity contribution is 5.83. The Morgan fingerprint density at radius 3 is 1.91 bits per heavy atom. The van der Waals surface area contributed by atoms with E-state index in [4.69, 9.17) is 4.42 Å². The summed E-state index contributed by atoms with van der Waals surface area (Å²) in [5, 5.41) is 6.04. The van der Waals surface area contributed by atoms with E-state index in [1.165, 1.54) is 38.6 Å². The zero-order valence-corrected chi connectivity index (χ0v) is 17.7. The molecule has 1 N–H and O–H groups in total. The molecule has 5 aromatic rings. The largest absolute Gasteiger partial charge is 0.456 e. The molecule has 0 radical (unpaired) electrons. The molecule has 0 aliphatic heterocycles. The molecule has 2 nitrogen and oxygen atoms in total. The summed E-state index contributed by atoms with van der Waals surface area (Å²) in [6.07, 6.45) is 4.17. The molecule has 1 aromatic heterocycles. The minimum Gasteiger partial charge on any atom is -0.456 e. The predicted molar refractivity (Wildman–Crippen MR) is 134 cm³/mol. The van der Waals surface area contributed by atoms with E-state index >= 15 is 0 Å².